The topological polar surface area (TPSA) is 55.2 Å². The molecule has 76 valence electrons. The van der Waals surface area contributed by atoms with Crippen LogP contribution in [-0.4, -0.2) is 11.5 Å². The molecule has 0 aliphatic heterocycles. The van der Waals surface area contributed by atoms with Gasteiger partial charge in [0.05, 0.1) is 10.6 Å². The molecule has 0 fully saturated rings. The van der Waals surface area contributed by atoms with Crippen LogP contribution in [0.15, 0.2) is 16.6 Å². The zero-order valence-corrected chi connectivity index (χ0v) is 9.59. The summed E-state index contributed by atoms with van der Waals surface area (Å²) in [6, 6.07) is 3.29. The van der Waals surface area contributed by atoms with Gasteiger partial charge in [-0.05, 0) is 35.8 Å². The molecule has 5 heteroatoms. The van der Waals surface area contributed by atoms with Crippen molar-refractivity contribution >= 4 is 27.3 Å². The number of rotatable bonds is 3. The van der Waals surface area contributed by atoms with Crippen molar-refractivity contribution in [1.82, 2.24) is 0 Å². The van der Waals surface area contributed by atoms with E-state index in [0.29, 0.717) is 5.56 Å². The van der Waals surface area contributed by atoms with Crippen LogP contribution in [0.3, 0.4) is 0 Å². The van der Waals surface area contributed by atoms with Gasteiger partial charge in [0.25, 0.3) is 5.69 Å². The Kier molecular flexibility index (Phi) is 3.46. The van der Waals surface area contributed by atoms with Gasteiger partial charge in [-0.3, -0.25) is 10.1 Å². The molecular formula is C9H11BrN2O2. The Morgan fingerprint density at radius 3 is 2.71 bits per heavy atom. The van der Waals surface area contributed by atoms with Crippen LogP contribution >= 0.6 is 15.9 Å². The summed E-state index contributed by atoms with van der Waals surface area (Å²) < 4.78 is 0.849. The summed E-state index contributed by atoms with van der Waals surface area (Å²) in [4.78, 5) is 10.3. The average Bonchev–Trinajstić information content (AvgIpc) is 2.09. The van der Waals surface area contributed by atoms with Gasteiger partial charge in [0.15, 0.2) is 0 Å². The molecule has 4 nitrogen and oxygen atoms in total. The predicted molar refractivity (Wildman–Crippen MR) is 59.7 cm³/mol. The SMILES string of the molecule is CCNc1cc([N+](=O)[O-])c(C)cc1Br. The number of hydrogen-bond donors (Lipinski definition) is 1. The highest BCUT2D eigenvalue weighted by molar-refractivity contribution is 9.10. The third kappa shape index (κ3) is 2.23. The minimum Gasteiger partial charge on any atom is -0.384 e. The van der Waals surface area contributed by atoms with Gasteiger partial charge in [-0.2, -0.15) is 0 Å². The standard InChI is InChI=1S/C9H11BrN2O2/c1-3-11-8-5-9(12(13)14)6(2)4-7(8)10/h4-5,11H,3H2,1-2H3. The largest absolute Gasteiger partial charge is 0.384 e. The van der Waals surface area contributed by atoms with E-state index in [0.717, 1.165) is 16.7 Å². The molecule has 0 saturated heterocycles. The Morgan fingerprint density at radius 2 is 2.21 bits per heavy atom. The zero-order chi connectivity index (χ0) is 10.7. The molecule has 1 aromatic rings. The van der Waals surface area contributed by atoms with Crippen LogP contribution in [0.25, 0.3) is 0 Å². The average molecular weight is 259 g/mol. The quantitative estimate of drug-likeness (QED) is 0.670. The van der Waals surface area contributed by atoms with Crippen molar-refractivity contribution in [3.63, 3.8) is 0 Å². The number of benzene rings is 1. The summed E-state index contributed by atoms with van der Waals surface area (Å²) in [5.74, 6) is 0. The third-order valence-electron chi connectivity index (χ3n) is 1.85. The molecule has 0 saturated carbocycles. The predicted octanol–water partition coefficient (Wildman–Crippen LogP) is 3.10. The number of nitro groups is 1. The smallest absolute Gasteiger partial charge is 0.274 e. The van der Waals surface area contributed by atoms with Crippen LogP contribution in [0.2, 0.25) is 0 Å². The number of aryl methyl sites for hydroxylation is 1. The summed E-state index contributed by atoms with van der Waals surface area (Å²) in [6.45, 7) is 4.40. The van der Waals surface area contributed by atoms with Crippen molar-refractivity contribution in [3.05, 3.63) is 32.3 Å². The molecule has 0 amide bonds. The van der Waals surface area contributed by atoms with E-state index in [2.05, 4.69) is 21.2 Å². The van der Waals surface area contributed by atoms with Crippen molar-refractivity contribution in [2.45, 2.75) is 13.8 Å². The third-order valence-corrected chi connectivity index (χ3v) is 2.51. The number of nitro benzene ring substituents is 1. The second-order valence-electron chi connectivity index (χ2n) is 2.91. The first-order valence-corrected chi connectivity index (χ1v) is 5.04. The fourth-order valence-electron chi connectivity index (χ4n) is 1.18. The van der Waals surface area contributed by atoms with Crippen molar-refractivity contribution in [3.8, 4) is 0 Å². The Bertz CT molecular complexity index is 366. The van der Waals surface area contributed by atoms with Gasteiger partial charge in [0, 0.05) is 22.6 Å². The first kappa shape index (κ1) is 11.0. The summed E-state index contributed by atoms with van der Waals surface area (Å²) >= 11 is 3.35. The van der Waals surface area contributed by atoms with E-state index in [1.165, 1.54) is 0 Å². The maximum Gasteiger partial charge on any atom is 0.274 e. The lowest BCUT2D eigenvalue weighted by Gasteiger charge is -2.07. The van der Waals surface area contributed by atoms with E-state index in [9.17, 15) is 10.1 Å². The second kappa shape index (κ2) is 4.41. The van der Waals surface area contributed by atoms with Gasteiger partial charge in [-0.15, -0.1) is 0 Å². The molecule has 0 radical (unpaired) electrons. The van der Waals surface area contributed by atoms with E-state index in [-0.39, 0.29) is 10.6 Å². The zero-order valence-electron chi connectivity index (χ0n) is 8.00. The molecule has 0 aromatic heterocycles. The van der Waals surface area contributed by atoms with E-state index in [4.69, 9.17) is 0 Å². The number of hydrogen-bond acceptors (Lipinski definition) is 3. The van der Waals surface area contributed by atoms with Crippen LogP contribution in [0, 0.1) is 17.0 Å². The fraction of sp³-hybridized carbons (Fsp3) is 0.333. The molecule has 0 aliphatic carbocycles. The molecule has 1 N–H and O–H groups in total. The van der Waals surface area contributed by atoms with E-state index >= 15 is 0 Å². The summed E-state index contributed by atoms with van der Waals surface area (Å²) in [7, 11) is 0. The van der Waals surface area contributed by atoms with Crippen LogP contribution in [-0.2, 0) is 0 Å². The van der Waals surface area contributed by atoms with Crippen molar-refractivity contribution in [1.29, 1.82) is 0 Å². The Labute approximate surface area is 90.6 Å². The minimum atomic E-state index is -0.372. The summed E-state index contributed by atoms with van der Waals surface area (Å²) in [5, 5.41) is 13.7. The highest BCUT2D eigenvalue weighted by Gasteiger charge is 2.13. The van der Waals surface area contributed by atoms with Gasteiger partial charge in [-0.25, -0.2) is 0 Å². The monoisotopic (exact) mass is 258 g/mol. The number of nitrogens with one attached hydrogen (secondary N) is 1. The van der Waals surface area contributed by atoms with Crippen molar-refractivity contribution < 1.29 is 4.92 Å². The summed E-state index contributed by atoms with van der Waals surface area (Å²) in [6.07, 6.45) is 0. The lowest BCUT2D eigenvalue weighted by atomic mass is 10.2. The summed E-state index contributed by atoms with van der Waals surface area (Å²) in [5.41, 5.74) is 1.55. The normalized spacial score (nSPS) is 9.93. The number of halogens is 1. The van der Waals surface area contributed by atoms with E-state index in [1.807, 2.05) is 6.92 Å². The Balaban J connectivity index is 3.20. The minimum absolute atomic E-state index is 0.143. The molecule has 1 rings (SSSR count). The van der Waals surface area contributed by atoms with Gasteiger partial charge >= 0.3 is 0 Å². The first-order chi connectivity index (χ1) is 6.56. The molecule has 0 atom stereocenters. The van der Waals surface area contributed by atoms with Gasteiger partial charge < -0.3 is 5.32 Å². The Hall–Kier alpha value is -1.10. The van der Waals surface area contributed by atoms with Gasteiger partial charge in [0.2, 0.25) is 0 Å². The van der Waals surface area contributed by atoms with Gasteiger partial charge in [0.1, 0.15) is 0 Å². The van der Waals surface area contributed by atoms with Crippen LogP contribution in [0.5, 0.6) is 0 Å². The molecule has 14 heavy (non-hydrogen) atoms. The fourth-order valence-corrected chi connectivity index (χ4v) is 1.78. The molecule has 0 bridgehead atoms. The van der Waals surface area contributed by atoms with Crippen molar-refractivity contribution in [2.75, 3.05) is 11.9 Å². The van der Waals surface area contributed by atoms with E-state index < -0.39 is 0 Å². The van der Waals surface area contributed by atoms with Crippen LogP contribution in [0.1, 0.15) is 12.5 Å². The van der Waals surface area contributed by atoms with Crippen molar-refractivity contribution in [2.24, 2.45) is 0 Å². The maximum absolute atomic E-state index is 10.7. The lowest BCUT2D eigenvalue weighted by molar-refractivity contribution is -0.385. The first-order valence-electron chi connectivity index (χ1n) is 4.24. The van der Waals surface area contributed by atoms with Crippen LogP contribution in [0.4, 0.5) is 11.4 Å². The van der Waals surface area contributed by atoms with Gasteiger partial charge in [-0.1, -0.05) is 0 Å². The van der Waals surface area contributed by atoms with E-state index in [1.54, 1.807) is 19.1 Å². The number of nitrogens with zero attached hydrogens (tertiary/aromatic N) is 1. The Morgan fingerprint density at radius 1 is 1.57 bits per heavy atom. The lowest BCUT2D eigenvalue weighted by Crippen LogP contribution is -2.00. The van der Waals surface area contributed by atoms with Crippen LogP contribution < -0.4 is 5.32 Å². The maximum atomic E-state index is 10.7. The molecule has 0 unspecified atom stereocenters. The highest BCUT2D eigenvalue weighted by atomic mass is 79.9. The highest BCUT2D eigenvalue weighted by Crippen LogP contribution is 2.30. The molecule has 0 spiro atoms. The molecular weight excluding hydrogens is 248 g/mol. The number of anilines is 1. The molecule has 0 heterocycles. The second-order valence-corrected chi connectivity index (χ2v) is 3.76. The molecule has 1 aromatic carbocycles. The molecule has 0 aliphatic rings.